The number of rotatable bonds is 7. The second-order valence-corrected chi connectivity index (χ2v) is 9.80. The van der Waals surface area contributed by atoms with Crippen LogP contribution in [0.25, 0.3) is 0 Å². The van der Waals surface area contributed by atoms with Gasteiger partial charge in [0, 0.05) is 0 Å². The molecule has 26 heavy (non-hydrogen) atoms. The van der Waals surface area contributed by atoms with E-state index in [2.05, 4.69) is 32.1 Å². The minimum Gasteiger partial charge on any atom is -0.207 e. The third kappa shape index (κ3) is 6.11. The molecule has 4 heteroatoms. The zero-order valence-corrected chi connectivity index (χ0v) is 16.9. The van der Waals surface area contributed by atoms with Crippen molar-refractivity contribution in [3.05, 3.63) is 77.9 Å². The topological polar surface area (TPSA) is 46.2 Å². The van der Waals surface area contributed by atoms with Gasteiger partial charge in [-0.1, -0.05) is 81.0 Å². The Kier molecular flexibility index (Phi) is 6.43. The summed E-state index contributed by atoms with van der Waals surface area (Å²) in [5.41, 5.74) is 3.13. The van der Waals surface area contributed by atoms with Gasteiger partial charge in [0.05, 0.1) is 10.9 Å². The lowest BCUT2D eigenvalue weighted by atomic mass is 9.85. The molecule has 3 nitrogen and oxygen atoms in total. The molecular weight excluding hydrogens is 342 g/mol. The third-order valence-electron chi connectivity index (χ3n) is 4.10. The second-order valence-electron chi connectivity index (χ2n) is 8.09. The Hall–Kier alpha value is -1.91. The molecule has 0 heterocycles. The van der Waals surface area contributed by atoms with Crippen LogP contribution in [0.4, 0.5) is 0 Å². The van der Waals surface area contributed by atoms with Crippen molar-refractivity contribution in [1.29, 1.82) is 0 Å². The zero-order valence-electron chi connectivity index (χ0n) is 16.1. The Morgan fingerprint density at radius 1 is 1.04 bits per heavy atom. The van der Waals surface area contributed by atoms with Gasteiger partial charge in [-0.15, -0.1) is 0 Å². The van der Waals surface area contributed by atoms with Gasteiger partial charge < -0.3 is 0 Å². The van der Waals surface area contributed by atoms with E-state index in [-0.39, 0.29) is 16.4 Å². The number of aryl methyl sites for hydroxylation is 1. The Balaban J connectivity index is 2.26. The molecule has 1 unspecified atom stereocenters. The van der Waals surface area contributed by atoms with Crippen LogP contribution in [0.2, 0.25) is 0 Å². The molecule has 0 aliphatic heterocycles. The van der Waals surface area contributed by atoms with Crippen molar-refractivity contribution in [2.45, 2.75) is 51.5 Å². The van der Waals surface area contributed by atoms with Gasteiger partial charge in [0.2, 0.25) is 10.0 Å². The Morgan fingerprint density at radius 3 is 2.15 bits per heavy atom. The van der Waals surface area contributed by atoms with E-state index in [0.717, 1.165) is 23.1 Å². The maximum absolute atomic E-state index is 12.9. The molecule has 0 saturated heterocycles. The van der Waals surface area contributed by atoms with Crippen molar-refractivity contribution in [3.8, 4) is 0 Å². The lowest BCUT2D eigenvalue weighted by molar-refractivity contribution is 0.399. The first-order chi connectivity index (χ1) is 12.1. The second kappa shape index (κ2) is 8.19. The highest BCUT2D eigenvalue weighted by Gasteiger charge is 2.23. The molecule has 2 rings (SSSR count). The summed E-state index contributed by atoms with van der Waals surface area (Å²) in [5, 5.41) is 0. The van der Waals surface area contributed by atoms with E-state index in [9.17, 15) is 8.42 Å². The highest BCUT2D eigenvalue weighted by Crippen LogP contribution is 2.30. The normalized spacial score (nSPS) is 13.4. The third-order valence-corrected chi connectivity index (χ3v) is 5.59. The van der Waals surface area contributed by atoms with Crippen LogP contribution in [0.3, 0.4) is 0 Å². The van der Waals surface area contributed by atoms with Crippen LogP contribution < -0.4 is 4.72 Å². The van der Waals surface area contributed by atoms with Crippen LogP contribution in [-0.2, 0) is 10.0 Å². The quantitative estimate of drug-likeness (QED) is 0.663. The first kappa shape index (κ1) is 20.4. The van der Waals surface area contributed by atoms with Gasteiger partial charge in [0.25, 0.3) is 0 Å². The summed E-state index contributed by atoms with van der Waals surface area (Å²) in [5.74, 6) is 0. The van der Waals surface area contributed by atoms with Crippen molar-refractivity contribution in [2.24, 2.45) is 5.41 Å². The molecule has 0 saturated carbocycles. The first-order valence-corrected chi connectivity index (χ1v) is 10.4. The van der Waals surface area contributed by atoms with Gasteiger partial charge >= 0.3 is 0 Å². The number of hydrogen-bond donors (Lipinski definition) is 1. The number of nitrogens with one attached hydrogen (secondary N) is 1. The summed E-state index contributed by atoms with van der Waals surface area (Å²) in [4.78, 5) is 0.283. The molecule has 0 aromatic heterocycles. The Labute approximate surface area is 158 Å². The SMILES string of the molecule is C=C(CC(NS(=O)(=O)c1ccc(C)cc1)c1ccccc1)CC(C)(C)C. The average Bonchev–Trinajstić information content (AvgIpc) is 2.53. The molecule has 1 atom stereocenters. The number of sulfonamides is 1. The number of benzene rings is 2. The molecule has 1 N–H and O–H groups in total. The lowest BCUT2D eigenvalue weighted by Gasteiger charge is -2.24. The van der Waals surface area contributed by atoms with Crippen LogP contribution in [0.1, 0.15) is 50.8 Å². The summed E-state index contributed by atoms with van der Waals surface area (Å²) >= 11 is 0. The van der Waals surface area contributed by atoms with Crippen molar-refractivity contribution in [2.75, 3.05) is 0 Å². The van der Waals surface area contributed by atoms with Gasteiger partial charge in [-0.05, 0) is 42.9 Å². The van der Waals surface area contributed by atoms with Crippen LogP contribution in [-0.4, -0.2) is 8.42 Å². The molecule has 2 aromatic carbocycles. The fourth-order valence-electron chi connectivity index (χ4n) is 3.00. The van der Waals surface area contributed by atoms with Crippen LogP contribution >= 0.6 is 0 Å². The molecule has 0 radical (unpaired) electrons. The Bertz CT molecular complexity index is 832. The van der Waals surface area contributed by atoms with E-state index in [1.165, 1.54) is 0 Å². The molecule has 0 amide bonds. The highest BCUT2D eigenvalue weighted by molar-refractivity contribution is 7.89. The van der Waals surface area contributed by atoms with E-state index in [0.29, 0.717) is 6.42 Å². The predicted molar refractivity (Wildman–Crippen MR) is 109 cm³/mol. The maximum atomic E-state index is 12.9. The minimum atomic E-state index is -3.60. The monoisotopic (exact) mass is 371 g/mol. The molecule has 0 bridgehead atoms. The van der Waals surface area contributed by atoms with E-state index >= 15 is 0 Å². The highest BCUT2D eigenvalue weighted by atomic mass is 32.2. The molecule has 0 fully saturated rings. The lowest BCUT2D eigenvalue weighted by Crippen LogP contribution is -2.29. The van der Waals surface area contributed by atoms with Crippen LogP contribution in [0.15, 0.2) is 71.6 Å². The van der Waals surface area contributed by atoms with Crippen molar-refractivity contribution >= 4 is 10.0 Å². The van der Waals surface area contributed by atoms with Gasteiger partial charge in [-0.25, -0.2) is 13.1 Å². The molecular formula is C22H29NO2S. The summed E-state index contributed by atoms with van der Waals surface area (Å²) in [7, 11) is -3.60. The van der Waals surface area contributed by atoms with Gasteiger partial charge in [0.1, 0.15) is 0 Å². The molecule has 0 spiro atoms. The van der Waals surface area contributed by atoms with Crippen LogP contribution in [0.5, 0.6) is 0 Å². The summed E-state index contributed by atoms with van der Waals surface area (Å²) in [6, 6.07) is 16.3. The fraction of sp³-hybridized carbons (Fsp3) is 0.364. The minimum absolute atomic E-state index is 0.119. The van der Waals surface area contributed by atoms with E-state index in [1.54, 1.807) is 12.1 Å². The maximum Gasteiger partial charge on any atom is 0.241 e. The largest absolute Gasteiger partial charge is 0.241 e. The van der Waals surface area contributed by atoms with Gasteiger partial charge in [-0.2, -0.15) is 0 Å². The van der Waals surface area contributed by atoms with Crippen molar-refractivity contribution in [1.82, 2.24) is 4.72 Å². The summed E-state index contributed by atoms with van der Waals surface area (Å²) in [6.45, 7) is 12.6. The summed E-state index contributed by atoms with van der Waals surface area (Å²) in [6.07, 6.45) is 1.43. The molecule has 140 valence electrons. The molecule has 0 aliphatic rings. The predicted octanol–water partition coefficient (Wildman–Crippen LogP) is 5.40. The van der Waals surface area contributed by atoms with E-state index < -0.39 is 10.0 Å². The first-order valence-electron chi connectivity index (χ1n) is 8.87. The average molecular weight is 372 g/mol. The van der Waals surface area contributed by atoms with Crippen LogP contribution in [0, 0.1) is 12.3 Å². The van der Waals surface area contributed by atoms with Gasteiger partial charge in [-0.3, -0.25) is 0 Å². The molecule has 0 aliphatic carbocycles. The van der Waals surface area contributed by atoms with Crippen molar-refractivity contribution < 1.29 is 8.42 Å². The standard InChI is InChI=1S/C22H29NO2S/c1-17-11-13-20(14-12-17)26(24,25)23-21(19-9-7-6-8-10-19)15-18(2)16-22(3,4)5/h6-14,21,23H,2,15-16H2,1,3-5H3. The van der Waals surface area contributed by atoms with Gasteiger partial charge in [0.15, 0.2) is 0 Å². The zero-order chi connectivity index (χ0) is 19.4. The Morgan fingerprint density at radius 2 is 1.62 bits per heavy atom. The number of hydrogen-bond acceptors (Lipinski definition) is 2. The van der Waals surface area contributed by atoms with E-state index in [4.69, 9.17) is 0 Å². The van der Waals surface area contributed by atoms with Crippen molar-refractivity contribution in [3.63, 3.8) is 0 Å². The smallest absolute Gasteiger partial charge is 0.207 e. The fourth-order valence-corrected chi connectivity index (χ4v) is 4.22. The van der Waals surface area contributed by atoms with E-state index in [1.807, 2.05) is 49.4 Å². The molecule has 2 aromatic rings. The summed E-state index contributed by atoms with van der Waals surface area (Å²) < 4.78 is 28.6.